The summed E-state index contributed by atoms with van der Waals surface area (Å²) in [5, 5.41) is 3.07. The Morgan fingerprint density at radius 2 is 2.50 bits per heavy atom. The van der Waals surface area contributed by atoms with Crippen LogP contribution in [-0.4, -0.2) is 28.7 Å². The minimum atomic E-state index is -0.151. The van der Waals surface area contributed by atoms with E-state index >= 15 is 0 Å². The van der Waals surface area contributed by atoms with E-state index in [1.54, 1.807) is 17.0 Å². The Morgan fingerprint density at radius 3 is 3.07 bits per heavy atom. The number of rotatable bonds is 3. The van der Waals surface area contributed by atoms with Gasteiger partial charge in [0.1, 0.15) is 6.10 Å². The molecule has 5 heteroatoms. The fraction of sp³-hybridized carbons (Fsp3) is 0.556. The molecular formula is C9H13N3O2. The minimum Gasteiger partial charge on any atom is -0.468 e. The molecule has 2 rings (SSSR count). The Kier molecular flexibility index (Phi) is 2.49. The van der Waals surface area contributed by atoms with Crippen LogP contribution in [-0.2, 0) is 6.54 Å². The van der Waals surface area contributed by atoms with Gasteiger partial charge in [-0.25, -0.2) is 4.98 Å². The monoisotopic (exact) mass is 195 g/mol. The number of aryl methyl sites for hydroxylation is 1. The second-order valence-corrected chi connectivity index (χ2v) is 3.22. The van der Waals surface area contributed by atoms with Crippen molar-refractivity contribution in [2.45, 2.75) is 19.6 Å². The van der Waals surface area contributed by atoms with Crippen molar-refractivity contribution >= 4 is 0 Å². The molecule has 1 fully saturated rings. The van der Waals surface area contributed by atoms with Crippen LogP contribution in [0.4, 0.5) is 0 Å². The van der Waals surface area contributed by atoms with E-state index in [0.29, 0.717) is 6.54 Å². The summed E-state index contributed by atoms with van der Waals surface area (Å²) < 4.78 is 6.99. The third-order valence-electron chi connectivity index (χ3n) is 2.25. The molecule has 0 amide bonds. The molecule has 76 valence electrons. The van der Waals surface area contributed by atoms with E-state index in [1.165, 1.54) is 0 Å². The molecule has 1 aromatic heterocycles. The molecule has 0 radical (unpaired) electrons. The van der Waals surface area contributed by atoms with Gasteiger partial charge in [-0.1, -0.05) is 0 Å². The highest BCUT2D eigenvalue weighted by atomic mass is 16.5. The molecule has 2 heterocycles. The molecule has 0 aromatic carbocycles. The smallest absolute Gasteiger partial charge is 0.313 e. The summed E-state index contributed by atoms with van der Waals surface area (Å²) in [5.74, 6) is 0.209. The van der Waals surface area contributed by atoms with Crippen LogP contribution >= 0.6 is 0 Å². The van der Waals surface area contributed by atoms with Crippen LogP contribution in [0.5, 0.6) is 5.88 Å². The molecule has 0 atom stereocenters. The molecule has 1 N–H and O–H groups in total. The first-order chi connectivity index (χ1) is 6.81. The summed E-state index contributed by atoms with van der Waals surface area (Å²) in [6.45, 7) is 4.14. The molecule has 1 aliphatic heterocycles. The van der Waals surface area contributed by atoms with Crippen molar-refractivity contribution in [1.29, 1.82) is 0 Å². The van der Waals surface area contributed by atoms with Gasteiger partial charge in [-0.15, -0.1) is 0 Å². The van der Waals surface area contributed by atoms with E-state index < -0.39 is 0 Å². The molecule has 0 aliphatic carbocycles. The number of aromatic nitrogens is 2. The van der Waals surface area contributed by atoms with Crippen LogP contribution in [0.2, 0.25) is 0 Å². The van der Waals surface area contributed by atoms with Gasteiger partial charge in [-0.2, -0.15) is 0 Å². The number of hydrogen-bond acceptors (Lipinski definition) is 4. The fourth-order valence-electron chi connectivity index (χ4n) is 1.26. The van der Waals surface area contributed by atoms with E-state index in [-0.39, 0.29) is 17.5 Å². The minimum absolute atomic E-state index is 0.0999. The topological polar surface area (TPSA) is 56.1 Å². The first-order valence-corrected chi connectivity index (χ1v) is 4.74. The van der Waals surface area contributed by atoms with Crippen molar-refractivity contribution in [3.8, 4) is 5.88 Å². The second-order valence-electron chi connectivity index (χ2n) is 3.22. The Morgan fingerprint density at radius 1 is 1.71 bits per heavy atom. The number of hydrogen-bond donors (Lipinski definition) is 1. The zero-order valence-electron chi connectivity index (χ0n) is 8.06. The van der Waals surface area contributed by atoms with Crippen LogP contribution in [0, 0.1) is 0 Å². The van der Waals surface area contributed by atoms with Crippen LogP contribution in [0.25, 0.3) is 0 Å². The van der Waals surface area contributed by atoms with E-state index in [4.69, 9.17) is 4.74 Å². The quantitative estimate of drug-likeness (QED) is 0.714. The van der Waals surface area contributed by atoms with Gasteiger partial charge in [0.05, 0.1) is 0 Å². The van der Waals surface area contributed by atoms with Crippen LogP contribution < -0.4 is 15.6 Å². The summed E-state index contributed by atoms with van der Waals surface area (Å²) in [4.78, 5) is 15.6. The van der Waals surface area contributed by atoms with Gasteiger partial charge in [-0.05, 0) is 6.92 Å². The lowest BCUT2D eigenvalue weighted by Crippen LogP contribution is -2.51. The predicted molar refractivity (Wildman–Crippen MR) is 51.5 cm³/mol. The molecule has 0 bridgehead atoms. The van der Waals surface area contributed by atoms with Gasteiger partial charge in [0.25, 0.3) is 5.88 Å². The SMILES string of the molecule is CCn1ccnc(OC2CNC2)c1=O. The molecule has 5 nitrogen and oxygen atoms in total. The van der Waals surface area contributed by atoms with Gasteiger partial charge in [-0.3, -0.25) is 4.79 Å². The summed E-state index contributed by atoms with van der Waals surface area (Å²) in [7, 11) is 0. The van der Waals surface area contributed by atoms with Gasteiger partial charge in [0.2, 0.25) is 0 Å². The molecule has 14 heavy (non-hydrogen) atoms. The fourth-order valence-corrected chi connectivity index (χ4v) is 1.26. The van der Waals surface area contributed by atoms with Crippen molar-refractivity contribution in [3.05, 3.63) is 22.7 Å². The molecule has 0 saturated carbocycles. The maximum atomic E-state index is 11.6. The standard InChI is InChI=1S/C9H13N3O2/c1-2-12-4-3-11-8(9(12)13)14-7-5-10-6-7/h3-4,7,10H,2,5-6H2,1H3. The number of ether oxygens (including phenoxy) is 1. The molecule has 1 aliphatic rings. The lowest BCUT2D eigenvalue weighted by Gasteiger charge is -2.26. The summed E-state index contributed by atoms with van der Waals surface area (Å²) in [6.07, 6.45) is 3.35. The van der Waals surface area contributed by atoms with Crippen molar-refractivity contribution in [3.63, 3.8) is 0 Å². The van der Waals surface area contributed by atoms with Gasteiger partial charge in [0, 0.05) is 32.0 Å². The third kappa shape index (κ3) is 1.63. The van der Waals surface area contributed by atoms with E-state index in [9.17, 15) is 4.79 Å². The Hall–Kier alpha value is -1.36. The van der Waals surface area contributed by atoms with Crippen LogP contribution in [0.1, 0.15) is 6.92 Å². The van der Waals surface area contributed by atoms with Crippen molar-refractivity contribution in [1.82, 2.24) is 14.9 Å². The van der Waals surface area contributed by atoms with Crippen molar-refractivity contribution < 1.29 is 4.74 Å². The predicted octanol–water partition coefficient (Wildman–Crippen LogP) is -0.386. The highest BCUT2D eigenvalue weighted by molar-refractivity contribution is 5.06. The Labute approximate surface area is 81.7 Å². The van der Waals surface area contributed by atoms with Crippen LogP contribution in [0.15, 0.2) is 17.2 Å². The average molecular weight is 195 g/mol. The summed E-state index contributed by atoms with van der Waals surface area (Å²) >= 11 is 0. The van der Waals surface area contributed by atoms with E-state index in [0.717, 1.165) is 13.1 Å². The van der Waals surface area contributed by atoms with Gasteiger partial charge < -0.3 is 14.6 Å². The van der Waals surface area contributed by atoms with Crippen molar-refractivity contribution in [2.24, 2.45) is 0 Å². The third-order valence-corrected chi connectivity index (χ3v) is 2.25. The normalized spacial score (nSPS) is 16.4. The Bertz CT molecular complexity index is 371. The first-order valence-electron chi connectivity index (χ1n) is 4.74. The molecule has 0 spiro atoms. The highest BCUT2D eigenvalue weighted by Crippen LogP contribution is 2.03. The lowest BCUT2D eigenvalue weighted by atomic mass is 10.2. The largest absolute Gasteiger partial charge is 0.468 e. The molecule has 1 saturated heterocycles. The average Bonchev–Trinajstić information content (AvgIpc) is 2.13. The maximum Gasteiger partial charge on any atom is 0.313 e. The zero-order chi connectivity index (χ0) is 9.97. The molecular weight excluding hydrogens is 182 g/mol. The number of nitrogens with zero attached hydrogens (tertiary/aromatic N) is 2. The first kappa shape index (κ1) is 9.21. The molecule has 0 unspecified atom stereocenters. The molecule has 1 aromatic rings. The lowest BCUT2D eigenvalue weighted by molar-refractivity contribution is 0.133. The maximum absolute atomic E-state index is 11.6. The zero-order valence-corrected chi connectivity index (χ0v) is 8.06. The van der Waals surface area contributed by atoms with E-state index in [1.807, 2.05) is 6.92 Å². The summed E-state index contributed by atoms with van der Waals surface area (Å²) in [5.41, 5.74) is -0.151. The Balaban J connectivity index is 2.19. The van der Waals surface area contributed by atoms with Crippen molar-refractivity contribution in [2.75, 3.05) is 13.1 Å². The van der Waals surface area contributed by atoms with Gasteiger partial charge in [0.15, 0.2) is 0 Å². The van der Waals surface area contributed by atoms with E-state index in [2.05, 4.69) is 10.3 Å². The second kappa shape index (κ2) is 3.79. The highest BCUT2D eigenvalue weighted by Gasteiger charge is 2.20. The summed E-state index contributed by atoms with van der Waals surface area (Å²) in [6, 6.07) is 0. The number of nitrogens with one attached hydrogen (secondary N) is 1. The van der Waals surface area contributed by atoms with Gasteiger partial charge >= 0.3 is 5.56 Å². The van der Waals surface area contributed by atoms with Crippen LogP contribution in [0.3, 0.4) is 0 Å².